The zero-order valence-electron chi connectivity index (χ0n) is 12.3. The van der Waals surface area contributed by atoms with Crippen LogP contribution in [-0.4, -0.2) is 16.1 Å². The van der Waals surface area contributed by atoms with Crippen LogP contribution in [-0.2, 0) is 0 Å². The summed E-state index contributed by atoms with van der Waals surface area (Å²) in [6.45, 7) is 19.8. The zero-order valence-corrected chi connectivity index (χ0v) is 14.3. The summed E-state index contributed by atoms with van der Waals surface area (Å²) in [4.78, 5) is 0. The minimum absolute atomic E-state index is 0.685. The van der Waals surface area contributed by atoms with Gasteiger partial charge < -0.3 is 0 Å². The molecule has 0 aromatic carbocycles. The molecule has 2 heteroatoms. The SMILES string of the molecule is CC1C=CC(C)C([Si](C)(C)C)=C1[Si](C)(C)C. The Balaban J connectivity index is 3.39. The number of rotatable bonds is 2. The highest BCUT2D eigenvalue weighted by Crippen LogP contribution is 2.39. The summed E-state index contributed by atoms with van der Waals surface area (Å²) < 4.78 is 0. The van der Waals surface area contributed by atoms with Gasteiger partial charge in [0.05, 0.1) is 16.1 Å². The summed E-state index contributed by atoms with van der Waals surface area (Å²) in [6, 6.07) is 0. The summed E-state index contributed by atoms with van der Waals surface area (Å²) in [5.41, 5.74) is 0. The van der Waals surface area contributed by atoms with Crippen molar-refractivity contribution in [3.63, 3.8) is 0 Å². The van der Waals surface area contributed by atoms with Gasteiger partial charge >= 0.3 is 0 Å². The topological polar surface area (TPSA) is 0 Å². The second-order valence-corrected chi connectivity index (χ2v) is 17.4. The van der Waals surface area contributed by atoms with Crippen molar-refractivity contribution in [3.8, 4) is 0 Å². The Labute approximate surface area is 104 Å². The molecule has 0 aromatic heterocycles. The summed E-state index contributed by atoms with van der Waals surface area (Å²) in [5, 5.41) is 3.70. The fourth-order valence-electron chi connectivity index (χ4n) is 3.19. The minimum Gasteiger partial charge on any atom is -0.0814 e. The second kappa shape index (κ2) is 4.30. The summed E-state index contributed by atoms with van der Waals surface area (Å²) in [5.74, 6) is 1.37. The van der Waals surface area contributed by atoms with Gasteiger partial charge in [-0.15, -0.1) is 0 Å². The van der Waals surface area contributed by atoms with Crippen molar-refractivity contribution in [3.05, 3.63) is 22.5 Å². The molecule has 0 radical (unpaired) electrons. The maximum atomic E-state index is 2.50. The maximum absolute atomic E-state index is 2.50. The van der Waals surface area contributed by atoms with E-state index in [0.29, 0.717) is 11.8 Å². The smallest absolute Gasteiger partial charge is 0.0726 e. The fraction of sp³-hybridized carbons (Fsp3) is 0.714. The standard InChI is InChI=1S/C14H28Si2/c1-11-9-10-12(2)14(16(6,7)8)13(11)15(3,4)5/h9-12H,1-8H3. The molecule has 1 aliphatic carbocycles. The van der Waals surface area contributed by atoms with E-state index in [0.717, 1.165) is 0 Å². The van der Waals surface area contributed by atoms with Gasteiger partial charge in [-0.05, 0) is 11.8 Å². The van der Waals surface area contributed by atoms with E-state index in [1.807, 2.05) is 10.4 Å². The predicted molar refractivity (Wildman–Crippen MR) is 81.2 cm³/mol. The lowest BCUT2D eigenvalue weighted by molar-refractivity contribution is 0.782. The number of hydrogen-bond acceptors (Lipinski definition) is 0. The molecular formula is C14H28Si2. The Morgan fingerprint density at radius 3 is 1.12 bits per heavy atom. The fourth-order valence-corrected chi connectivity index (χ4v) is 10.4. The van der Waals surface area contributed by atoms with Crippen LogP contribution in [0.2, 0.25) is 39.3 Å². The molecule has 1 rings (SSSR count). The Morgan fingerprint density at radius 2 is 0.938 bits per heavy atom. The molecule has 2 atom stereocenters. The van der Waals surface area contributed by atoms with Crippen molar-refractivity contribution in [1.82, 2.24) is 0 Å². The van der Waals surface area contributed by atoms with Crippen LogP contribution < -0.4 is 0 Å². The van der Waals surface area contributed by atoms with E-state index in [1.165, 1.54) is 0 Å². The van der Waals surface area contributed by atoms with Crippen molar-refractivity contribution in [2.75, 3.05) is 0 Å². The first-order valence-electron chi connectivity index (χ1n) is 6.48. The van der Waals surface area contributed by atoms with Gasteiger partial charge in [-0.1, -0.05) is 75.7 Å². The molecule has 0 heterocycles. The van der Waals surface area contributed by atoms with Gasteiger partial charge in [0.15, 0.2) is 0 Å². The van der Waals surface area contributed by atoms with E-state index >= 15 is 0 Å². The van der Waals surface area contributed by atoms with Crippen LogP contribution in [0, 0.1) is 11.8 Å². The lowest BCUT2D eigenvalue weighted by atomic mass is 9.98. The van der Waals surface area contributed by atoms with Crippen LogP contribution in [0.15, 0.2) is 22.5 Å². The van der Waals surface area contributed by atoms with Crippen LogP contribution in [0.25, 0.3) is 0 Å². The van der Waals surface area contributed by atoms with E-state index < -0.39 is 16.1 Å². The van der Waals surface area contributed by atoms with Crippen LogP contribution in [0.3, 0.4) is 0 Å². The van der Waals surface area contributed by atoms with Crippen molar-refractivity contribution in [2.45, 2.75) is 53.1 Å². The number of allylic oxidation sites excluding steroid dienone is 4. The monoisotopic (exact) mass is 252 g/mol. The molecule has 0 amide bonds. The number of hydrogen-bond donors (Lipinski definition) is 0. The highest BCUT2D eigenvalue weighted by molar-refractivity contribution is 6.89. The third-order valence-electron chi connectivity index (χ3n) is 3.51. The molecular weight excluding hydrogens is 224 g/mol. The second-order valence-electron chi connectivity index (χ2n) is 7.29. The Bertz CT molecular complexity index is 292. The molecule has 0 fully saturated rings. The first-order chi connectivity index (χ1) is 7.05. The molecule has 2 unspecified atom stereocenters. The highest BCUT2D eigenvalue weighted by atomic mass is 28.3. The van der Waals surface area contributed by atoms with Gasteiger partial charge in [0.1, 0.15) is 0 Å². The van der Waals surface area contributed by atoms with Gasteiger partial charge in [0.2, 0.25) is 0 Å². The Hall–Kier alpha value is -0.0862. The molecule has 1 aliphatic rings. The van der Waals surface area contributed by atoms with Gasteiger partial charge in [-0.25, -0.2) is 0 Å². The van der Waals surface area contributed by atoms with Gasteiger partial charge in [-0.3, -0.25) is 0 Å². The molecule has 0 saturated heterocycles. The molecule has 0 saturated carbocycles. The van der Waals surface area contributed by atoms with E-state index in [4.69, 9.17) is 0 Å². The normalized spacial score (nSPS) is 27.5. The Kier molecular flexibility index (Phi) is 3.76. The third-order valence-corrected chi connectivity index (χ3v) is 8.44. The molecule has 0 aromatic rings. The summed E-state index contributed by atoms with van der Waals surface area (Å²) in [6.07, 6.45) is 4.86. The van der Waals surface area contributed by atoms with E-state index in [1.54, 1.807) is 0 Å². The summed E-state index contributed by atoms with van der Waals surface area (Å²) >= 11 is 0. The lowest BCUT2D eigenvalue weighted by Crippen LogP contribution is -2.39. The molecule has 0 bridgehead atoms. The van der Waals surface area contributed by atoms with E-state index in [9.17, 15) is 0 Å². The minimum atomic E-state index is -1.17. The van der Waals surface area contributed by atoms with Crippen molar-refractivity contribution in [1.29, 1.82) is 0 Å². The van der Waals surface area contributed by atoms with Gasteiger partial charge in [-0.2, -0.15) is 0 Å². The van der Waals surface area contributed by atoms with Crippen molar-refractivity contribution >= 4 is 16.1 Å². The van der Waals surface area contributed by atoms with Crippen LogP contribution in [0.1, 0.15) is 13.8 Å². The van der Waals surface area contributed by atoms with Gasteiger partial charge in [0, 0.05) is 0 Å². The molecule has 0 aliphatic heterocycles. The largest absolute Gasteiger partial charge is 0.0814 e. The first kappa shape index (κ1) is 14.0. The molecule has 0 N–H and O–H groups in total. The lowest BCUT2D eigenvalue weighted by Gasteiger charge is -2.39. The van der Waals surface area contributed by atoms with E-state index in [-0.39, 0.29) is 0 Å². The highest BCUT2D eigenvalue weighted by Gasteiger charge is 2.35. The summed E-state index contributed by atoms with van der Waals surface area (Å²) in [7, 11) is -2.34. The third kappa shape index (κ3) is 2.78. The molecule has 16 heavy (non-hydrogen) atoms. The van der Waals surface area contributed by atoms with Crippen molar-refractivity contribution in [2.24, 2.45) is 11.8 Å². The maximum Gasteiger partial charge on any atom is 0.0726 e. The first-order valence-corrected chi connectivity index (χ1v) is 13.5. The quantitative estimate of drug-likeness (QED) is 0.485. The Morgan fingerprint density at radius 1 is 0.688 bits per heavy atom. The van der Waals surface area contributed by atoms with Crippen LogP contribution in [0.5, 0.6) is 0 Å². The average molecular weight is 253 g/mol. The van der Waals surface area contributed by atoms with Crippen LogP contribution >= 0.6 is 0 Å². The average Bonchev–Trinajstić information content (AvgIpc) is 2.04. The molecule has 92 valence electrons. The molecule has 0 spiro atoms. The molecule has 0 nitrogen and oxygen atoms in total. The van der Waals surface area contributed by atoms with E-state index in [2.05, 4.69) is 65.3 Å². The zero-order chi connectivity index (χ0) is 12.7. The van der Waals surface area contributed by atoms with Crippen molar-refractivity contribution < 1.29 is 0 Å². The van der Waals surface area contributed by atoms with Crippen LogP contribution in [0.4, 0.5) is 0 Å². The van der Waals surface area contributed by atoms with Gasteiger partial charge in [0.25, 0.3) is 0 Å². The predicted octanol–water partition coefficient (Wildman–Crippen LogP) is 4.88.